The van der Waals surface area contributed by atoms with E-state index in [1.165, 1.54) is 37.3 Å². The Hall–Kier alpha value is -5.54. The van der Waals surface area contributed by atoms with Crippen molar-refractivity contribution < 1.29 is 14.6 Å². The highest BCUT2D eigenvalue weighted by atomic mass is 16.5. The molecule has 0 spiro atoms. The first-order valence-electron chi connectivity index (χ1n) is 21.8. The van der Waals surface area contributed by atoms with E-state index in [1.54, 1.807) is 6.07 Å². The van der Waals surface area contributed by atoms with Crippen LogP contribution in [0.4, 0.5) is 0 Å². The van der Waals surface area contributed by atoms with Gasteiger partial charge in [0.25, 0.3) is 0 Å². The molecule has 1 amide bonds. The van der Waals surface area contributed by atoms with Gasteiger partial charge in [0.05, 0.1) is 11.6 Å². The van der Waals surface area contributed by atoms with Gasteiger partial charge in [0.2, 0.25) is 11.5 Å². The van der Waals surface area contributed by atoms with E-state index in [4.69, 9.17) is 10.5 Å². The molecule has 0 radical (unpaired) electrons. The number of unbranched alkanes of at least 4 members (excludes halogenated alkanes) is 6. The second kappa shape index (κ2) is 21.1. The van der Waals surface area contributed by atoms with E-state index in [0.29, 0.717) is 24.4 Å². The number of likely N-dealkylation sites (tertiary alicyclic amines) is 1. The molecular weight excluding hydrogens is 745 g/mol. The highest BCUT2D eigenvalue weighted by Crippen LogP contribution is 2.43. The molecule has 1 aliphatic rings. The van der Waals surface area contributed by atoms with Crippen LogP contribution >= 0.6 is 0 Å². The van der Waals surface area contributed by atoms with E-state index in [0.717, 1.165) is 86.0 Å². The number of H-pyrrole nitrogens is 1. The number of amides is 1. The third-order valence-corrected chi connectivity index (χ3v) is 12.3. The summed E-state index contributed by atoms with van der Waals surface area (Å²) in [6.07, 6.45) is 8.34. The number of carbonyl (C=O) groups excluding carboxylic acids is 1. The van der Waals surface area contributed by atoms with Gasteiger partial charge in [-0.15, -0.1) is 0 Å². The first-order valence-corrected chi connectivity index (χ1v) is 21.8. The third-order valence-electron chi connectivity index (χ3n) is 12.3. The average Bonchev–Trinajstić information content (AvgIpc) is 3.75. The molecule has 312 valence electrons. The molecule has 1 aromatic heterocycles. The predicted octanol–water partition coefficient (Wildman–Crippen LogP) is 9.17. The molecule has 0 bridgehead atoms. The smallest absolute Gasteiger partial charge is 0.248 e. The molecule has 6 aromatic rings. The molecule has 0 aliphatic carbocycles. The summed E-state index contributed by atoms with van der Waals surface area (Å²) in [5, 5.41) is 12.5. The molecule has 7 rings (SSSR count). The Kier molecular flexibility index (Phi) is 15.0. The maximum atomic E-state index is 13.4. The Bertz CT molecular complexity index is 2240. The minimum atomic E-state index is -0.842. The van der Waals surface area contributed by atoms with E-state index in [9.17, 15) is 14.7 Å². The number of carbonyl (C=O) groups is 1. The average molecular weight is 805 g/mol. The number of aromatic nitrogens is 1. The molecule has 2 heterocycles. The van der Waals surface area contributed by atoms with Crippen molar-refractivity contribution in [2.75, 3.05) is 32.7 Å². The summed E-state index contributed by atoms with van der Waals surface area (Å²) in [7, 11) is 0. The van der Waals surface area contributed by atoms with E-state index in [1.807, 2.05) is 84.9 Å². The molecule has 1 aliphatic heterocycles. The molecule has 1 fully saturated rings. The van der Waals surface area contributed by atoms with Crippen LogP contribution in [-0.4, -0.2) is 58.5 Å². The fourth-order valence-corrected chi connectivity index (χ4v) is 9.28. The fourth-order valence-electron chi connectivity index (χ4n) is 9.28. The molecule has 8 nitrogen and oxygen atoms in total. The van der Waals surface area contributed by atoms with Crippen LogP contribution in [0.2, 0.25) is 0 Å². The Labute approximate surface area is 355 Å². The molecule has 4 N–H and O–H groups in total. The van der Waals surface area contributed by atoms with Gasteiger partial charge in [-0.25, -0.2) is 0 Å². The van der Waals surface area contributed by atoms with Gasteiger partial charge >= 0.3 is 0 Å². The summed E-state index contributed by atoms with van der Waals surface area (Å²) in [6.45, 7) is 5.38. The van der Waals surface area contributed by atoms with Crippen molar-refractivity contribution >= 4 is 16.8 Å². The first-order chi connectivity index (χ1) is 29.4. The van der Waals surface area contributed by atoms with Gasteiger partial charge in [0.15, 0.2) is 0 Å². The largest absolute Gasteiger partial charge is 0.487 e. The van der Waals surface area contributed by atoms with Gasteiger partial charge in [-0.2, -0.15) is 0 Å². The summed E-state index contributed by atoms with van der Waals surface area (Å²) in [5.74, 6) is 0.439. The van der Waals surface area contributed by atoms with Crippen molar-refractivity contribution in [1.29, 1.82) is 0 Å². The van der Waals surface area contributed by atoms with Crippen LogP contribution < -0.4 is 16.0 Å². The van der Waals surface area contributed by atoms with Gasteiger partial charge in [-0.05, 0) is 84.8 Å². The summed E-state index contributed by atoms with van der Waals surface area (Å²) in [6, 6.07) is 47.7. The fraction of sp³-hybridized carbons (Fsp3) is 0.346. The Balaban J connectivity index is 0.880. The van der Waals surface area contributed by atoms with E-state index >= 15 is 0 Å². The summed E-state index contributed by atoms with van der Waals surface area (Å²) in [4.78, 5) is 33.7. The minimum absolute atomic E-state index is 0.123. The van der Waals surface area contributed by atoms with Crippen LogP contribution in [0, 0.1) is 5.92 Å². The van der Waals surface area contributed by atoms with Crippen LogP contribution in [0.15, 0.2) is 150 Å². The molecule has 5 aromatic carbocycles. The standard InChI is InChI=1S/C52H60N4O4/c53-51(59)52(42-24-14-8-15-25-42,43-26-16-9-17-27-43)44-32-35-55(37-44)33-18-4-2-1-3-5-19-34-56(36-40-20-10-6-11-21-40)38-47(57)45-28-30-48(50-46(45)29-31-49(58)54-50)60-39-41-22-12-7-13-23-41/h6-17,20-31,44,47,57H,1-5,18-19,32-39H2,(H2,53,59)(H,54,58)/t44-,47?/m1/s1. The van der Waals surface area contributed by atoms with Crippen molar-refractivity contribution in [2.24, 2.45) is 11.7 Å². The predicted molar refractivity (Wildman–Crippen MR) is 242 cm³/mol. The number of aromatic amines is 1. The number of hydrogen-bond acceptors (Lipinski definition) is 6. The van der Waals surface area contributed by atoms with Crippen LogP contribution in [0.3, 0.4) is 0 Å². The van der Waals surface area contributed by atoms with Gasteiger partial charge in [0, 0.05) is 31.1 Å². The van der Waals surface area contributed by atoms with Crippen molar-refractivity contribution in [3.63, 3.8) is 0 Å². The van der Waals surface area contributed by atoms with Gasteiger partial charge < -0.3 is 25.5 Å². The number of nitrogens with one attached hydrogen (secondary N) is 1. The number of nitrogens with zero attached hydrogens (tertiary/aromatic N) is 2. The second-order valence-electron chi connectivity index (χ2n) is 16.4. The molecular formula is C52H60N4O4. The lowest BCUT2D eigenvalue weighted by Crippen LogP contribution is -2.49. The number of rotatable bonds is 22. The van der Waals surface area contributed by atoms with Gasteiger partial charge in [-0.1, -0.05) is 159 Å². The van der Waals surface area contributed by atoms with Crippen molar-refractivity contribution in [3.05, 3.63) is 184 Å². The zero-order valence-corrected chi connectivity index (χ0v) is 34.8. The number of primary amides is 1. The van der Waals surface area contributed by atoms with E-state index in [2.05, 4.69) is 63.3 Å². The summed E-state index contributed by atoms with van der Waals surface area (Å²) in [5.41, 5.74) is 10.9. The summed E-state index contributed by atoms with van der Waals surface area (Å²) < 4.78 is 6.16. The first kappa shape index (κ1) is 42.6. The normalized spacial score (nSPS) is 15.1. The van der Waals surface area contributed by atoms with Crippen molar-refractivity contribution in [1.82, 2.24) is 14.8 Å². The number of pyridine rings is 1. The zero-order valence-electron chi connectivity index (χ0n) is 34.8. The number of aliphatic hydroxyl groups is 1. The van der Waals surface area contributed by atoms with Crippen molar-refractivity contribution in [2.45, 2.75) is 76.0 Å². The highest BCUT2D eigenvalue weighted by molar-refractivity contribution is 5.91. The lowest BCUT2D eigenvalue weighted by molar-refractivity contribution is -0.123. The maximum Gasteiger partial charge on any atom is 0.248 e. The number of benzene rings is 5. The van der Waals surface area contributed by atoms with Gasteiger partial charge in [-0.3, -0.25) is 14.5 Å². The van der Waals surface area contributed by atoms with Crippen LogP contribution in [0.5, 0.6) is 5.75 Å². The lowest BCUT2D eigenvalue weighted by Gasteiger charge is -2.37. The van der Waals surface area contributed by atoms with Crippen LogP contribution in [-0.2, 0) is 23.4 Å². The maximum absolute atomic E-state index is 13.4. The number of hydrogen-bond donors (Lipinski definition) is 3. The quantitative estimate of drug-likeness (QED) is 0.0591. The van der Waals surface area contributed by atoms with E-state index in [-0.39, 0.29) is 17.4 Å². The second-order valence-corrected chi connectivity index (χ2v) is 16.4. The number of aliphatic hydroxyl groups excluding tert-OH is 1. The van der Waals surface area contributed by atoms with Crippen LogP contribution in [0.1, 0.15) is 85.3 Å². The zero-order chi connectivity index (χ0) is 41.6. The molecule has 1 saturated heterocycles. The van der Waals surface area contributed by atoms with Crippen LogP contribution in [0.25, 0.3) is 10.9 Å². The number of nitrogens with two attached hydrogens (primary N) is 1. The molecule has 60 heavy (non-hydrogen) atoms. The number of fused-ring (bicyclic) bond motifs is 1. The SMILES string of the molecule is NC(=O)C(c1ccccc1)(c1ccccc1)[C@@H]1CCN(CCCCCCCCCN(Cc2ccccc2)CC(O)c2ccc(OCc3ccccc3)c3[nH]c(=O)ccc23)C1. The Morgan fingerprint density at radius 1 is 0.750 bits per heavy atom. The Morgan fingerprint density at radius 2 is 1.33 bits per heavy atom. The number of ether oxygens (including phenoxy) is 1. The summed E-state index contributed by atoms with van der Waals surface area (Å²) >= 11 is 0. The molecule has 8 heteroatoms. The monoisotopic (exact) mass is 804 g/mol. The van der Waals surface area contributed by atoms with Gasteiger partial charge in [0.1, 0.15) is 17.8 Å². The molecule has 1 unspecified atom stereocenters. The highest BCUT2D eigenvalue weighted by Gasteiger charge is 2.49. The lowest BCUT2D eigenvalue weighted by atomic mass is 9.64. The van der Waals surface area contributed by atoms with E-state index < -0.39 is 11.5 Å². The minimum Gasteiger partial charge on any atom is -0.487 e. The molecule has 2 atom stereocenters. The topological polar surface area (TPSA) is 112 Å². The molecule has 0 saturated carbocycles. The Morgan fingerprint density at radius 3 is 1.97 bits per heavy atom. The third kappa shape index (κ3) is 10.6. The van der Waals surface area contributed by atoms with Crippen molar-refractivity contribution in [3.8, 4) is 5.75 Å².